The molecule has 0 spiro atoms. The number of rotatable bonds is 6. The number of ether oxygens (including phenoxy) is 3. The smallest absolute Gasteiger partial charge is 0.419 e. The second kappa shape index (κ2) is 13.2. The molecular formula is C31H36N2O8. The molecule has 0 aliphatic rings. The van der Waals surface area contributed by atoms with Crippen LogP contribution < -0.4 is 0 Å². The van der Waals surface area contributed by atoms with E-state index in [1.165, 1.54) is 4.57 Å². The van der Waals surface area contributed by atoms with Gasteiger partial charge in [-0.3, -0.25) is 9.59 Å². The van der Waals surface area contributed by atoms with Gasteiger partial charge in [-0.1, -0.05) is 36.4 Å². The molecule has 10 nitrogen and oxygen atoms in total. The van der Waals surface area contributed by atoms with Crippen LogP contribution in [0.25, 0.3) is 21.8 Å². The van der Waals surface area contributed by atoms with Crippen molar-refractivity contribution in [2.75, 3.05) is 13.2 Å². The number of hydrogen-bond acceptors (Lipinski definition) is 7. The van der Waals surface area contributed by atoms with Gasteiger partial charge >= 0.3 is 24.1 Å². The minimum atomic E-state index is -1.10. The maximum absolute atomic E-state index is 12.5. The van der Waals surface area contributed by atoms with Gasteiger partial charge < -0.3 is 19.3 Å². The zero-order valence-electron chi connectivity index (χ0n) is 24.2. The second-order valence-corrected chi connectivity index (χ2v) is 10.2. The average molecular weight is 565 g/mol. The molecule has 0 radical (unpaired) electrons. The van der Waals surface area contributed by atoms with Gasteiger partial charge in [0.15, 0.2) is 0 Å². The third-order valence-electron chi connectivity index (χ3n) is 6.01. The van der Waals surface area contributed by atoms with Gasteiger partial charge in [-0.15, -0.1) is 0 Å². The van der Waals surface area contributed by atoms with Crippen molar-refractivity contribution in [2.24, 2.45) is 0 Å². The third-order valence-corrected chi connectivity index (χ3v) is 6.01. The van der Waals surface area contributed by atoms with Crippen molar-refractivity contribution in [1.29, 1.82) is 0 Å². The Morgan fingerprint density at radius 3 is 1.90 bits per heavy atom. The van der Waals surface area contributed by atoms with Crippen molar-refractivity contribution in [3.63, 3.8) is 0 Å². The summed E-state index contributed by atoms with van der Waals surface area (Å²) in [6, 6.07) is 18.1. The highest BCUT2D eigenvalue weighted by Crippen LogP contribution is 2.26. The molecule has 10 heteroatoms. The molecule has 4 rings (SSSR count). The Morgan fingerprint density at radius 2 is 1.37 bits per heavy atom. The minimum absolute atomic E-state index is 0.0295. The highest BCUT2D eigenvalue weighted by atomic mass is 16.6. The molecule has 0 saturated carbocycles. The third kappa shape index (κ3) is 7.53. The van der Waals surface area contributed by atoms with Crippen molar-refractivity contribution in [3.8, 4) is 0 Å². The molecule has 1 unspecified atom stereocenters. The maximum Gasteiger partial charge on any atom is 0.419 e. The maximum atomic E-state index is 12.5. The van der Waals surface area contributed by atoms with Crippen molar-refractivity contribution in [2.45, 2.75) is 59.5 Å². The molecule has 1 atom stereocenters. The van der Waals surface area contributed by atoms with Crippen LogP contribution in [0, 0.1) is 0 Å². The molecule has 41 heavy (non-hydrogen) atoms. The Balaban J connectivity index is 0.000000228. The van der Waals surface area contributed by atoms with E-state index >= 15 is 0 Å². The summed E-state index contributed by atoms with van der Waals surface area (Å²) in [5.74, 6) is -1.41. The molecule has 1 N–H and O–H groups in total. The van der Waals surface area contributed by atoms with Gasteiger partial charge in [-0.2, -0.15) is 0 Å². The molecule has 4 aromatic rings. The molecular weight excluding hydrogens is 528 g/mol. The summed E-state index contributed by atoms with van der Waals surface area (Å²) >= 11 is 0. The van der Waals surface area contributed by atoms with E-state index in [2.05, 4.69) is 0 Å². The lowest BCUT2D eigenvalue weighted by molar-refractivity contribution is -0.144. The minimum Gasteiger partial charge on any atom is -0.466 e. The fourth-order valence-corrected chi connectivity index (χ4v) is 4.32. The number of carbonyl (C=O) groups is 4. The SMILES string of the molecule is CCOC(=O)C(C)c1cc2ccccc2n1C(=O)O.CCOC(=O)Cc1cc2ccccc2n1C(=O)OC(C)(C)C. The summed E-state index contributed by atoms with van der Waals surface area (Å²) in [5.41, 5.74) is 1.67. The van der Waals surface area contributed by atoms with Gasteiger partial charge in [0.05, 0.1) is 36.6 Å². The largest absolute Gasteiger partial charge is 0.466 e. The summed E-state index contributed by atoms with van der Waals surface area (Å²) in [7, 11) is 0. The lowest BCUT2D eigenvalue weighted by atomic mass is 10.1. The van der Waals surface area contributed by atoms with E-state index < -0.39 is 29.7 Å². The molecule has 218 valence electrons. The molecule has 0 aliphatic carbocycles. The number of esters is 2. The average Bonchev–Trinajstić information content (AvgIpc) is 3.46. The van der Waals surface area contributed by atoms with Crippen LogP contribution in [0.1, 0.15) is 58.8 Å². The summed E-state index contributed by atoms with van der Waals surface area (Å²) < 4.78 is 17.9. The fourth-order valence-electron chi connectivity index (χ4n) is 4.32. The zero-order valence-corrected chi connectivity index (χ0v) is 24.2. The summed E-state index contributed by atoms with van der Waals surface area (Å²) in [6.07, 6.45) is -1.57. The predicted octanol–water partition coefficient (Wildman–Crippen LogP) is 6.36. The summed E-state index contributed by atoms with van der Waals surface area (Å²) in [6.45, 7) is 11.1. The molecule has 2 heterocycles. The number of carboxylic acid groups (broad SMARTS) is 1. The quantitative estimate of drug-likeness (QED) is 0.212. The number of hydrogen-bond donors (Lipinski definition) is 1. The van der Waals surface area contributed by atoms with Crippen molar-refractivity contribution < 1.29 is 38.5 Å². The van der Waals surface area contributed by atoms with E-state index in [1.807, 2.05) is 63.2 Å². The zero-order chi connectivity index (χ0) is 30.3. The lowest BCUT2D eigenvalue weighted by Gasteiger charge is -2.20. The number of carbonyl (C=O) groups excluding carboxylic acids is 3. The number of fused-ring (bicyclic) bond motifs is 2. The molecule has 0 saturated heterocycles. The number of para-hydroxylation sites is 2. The number of aromatic nitrogens is 2. The van der Waals surface area contributed by atoms with Crippen LogP contribution in [-0.4, -0.2) is 57.2 Å². The highest BCUT2D eigenvalue weighted by Gasteiger charge is 2.25. The molecule has 0 aliphatic heterocycles. The molecule has 2 aromatic heterocycles. The van der Waals surface area contributed by atoms with Gasteiger partial charge in [-0.05, 0) is 65.8 Å². The van der Waals surface area contributed by atoms with E-state index in [-0.39, 0.29) is 19.0 Å². The van der Waals surface area contributed by atoms with Gasteiger partial charge in [0.25, 0.3) is 0 Å². The van der Waals surface area contributed by atoms with E-state index in [0.29, 0.717) is 23.5 Å². The van der Waals surface area contributed by atoms with E-state index in [1.54, 1.807) is 39.0 Å². The van der Waals surface area contributed by atoms with Crippen molar-refractivity contribution >= 4 is 45.9 Å². The van der Waals surface area contributed by atoms with Crippen LogP contribution >= 0.6 is 0 Å². The Morgan fingerprint density at radius 1 is 0.829 bits per heavy atom. The van der Waals surface area contributed by atoms with E-state index in [0.717, 1.165) is 20.9 Å². The molecule has 0 fully saturated rings. The first-order valence-electron chi connectivity index (χ1n) is 13.4. The van der Waals surface area contributed by atoms with Crippen molar-refractivity contribution in [1.82, 2.24) is 9.13 Å². The van der Waals surface area contributed by atoms with Gasteiger partial charge in [0, 0.05) is 22.2 Å². The first-order chi connectivity index (χ1) is 19.4. The van der Waals surface area contributed by atoms with Crippen LogP contribution in [0.5, 0.6) is 0 Å². The van der Waals surface area contributed by atoms with Crippen LogP contribution in [0.4, 0.5) is 9.59 Å². The van der Waals surface area contributed by atoms with Crippen LogP contribution in [0.15, 0.2) is 60.7 Å². The van der Waals surface area contributed by atoms with Crippen LogP contribution in [0.2, 0.25) is 0 Å². The van der Waals surface area contributed by atoms with Gasteiger partial charge in [0.2, 0.25) is 0 Å². The molecule has 0 bridgehead atoms. The van der Waals surface area contributed by atoms with E-state index in [9.17, 15) is 24.3 Å². The first-order valence-corrected chi connectivity index (χ1v) is 13.4. The fraction of sp³-hybridized carbons (Fsp3) is 0.355. The topological polar surface area (TPSA) is 126 Å². The van der Waals surface area contributed by atoms with Crippen molar-refractivity contribution in [3.05, 3.63) is 72.1 Å². The normalized spacial score (nSPS) is 11.9. The van der Waals surface area contributed by atoms with Crippen LogP contribution in [0.3, 0.4) is 0 Å². The molecule has 0 amide bonds. The summed E-state index contributed by atoms with van der Waals surface area (Å²) in [4.78, 5) is 47.4. The molecule has 2 aromatic carbocycles. The Hall–Kier alpha value is -4.60. The predicted molar refractivity (Wildman–Crippen MR) is 154 cm³/mol. The Kier molecular flexibility index (Phi) is 9.94. The standard InChI is InChI=1S/C17H21NO4.C14H15NO4/c1-5-21-15(19)11-13-10-12-8-6-7-9-14(12)18(13)16(20)22-17(2,3)4;1-3-19-13(16)9(2)12-8-10-6-4-5-7-11(10)15(12)14(17)18/h6-10H,5,11H2,1-4H3;4-9H,3H2,1-2H3,(H,17,18). The number of benzene rings is 2. The number of nitrogens with zero attached hydrogens (tertiary/aromatic N) is 2. The van der Waals surface area contributed by atoms with Gasteiger partial charge in [0.1, 0.15) is 5.60 Å². The Labute approximate surface area is 238 Å². The van der Waals surface area contributed by atoms with E-state index in [4.69, 9.17) is 14.2 Å². The highest BCUT2D eigenvalue weighted by molar-refractivity contribution is 5.93. The monoisotopic (exact) mass is 564 g/mol. The van der Waals surface area contributed by atoms with Gasteiger partial charge in [-0.25, -0.2) is 18.7 Å². The van der Waals surface area contributed by atoms with Crippen LogP contribution in [-0.2, 0) is 30.2 Å². The lowest BCUT2D eigenvalue weighted by Crippen LogP contribution is -2.28. The Bertz CT molecular complexity index is 1560. The second-order valence-electron chi connectivity index (χ2n) is 10.2. The summed E-state index contributed by atoms with van der Waals surface area (Å²) in [5, 5.41) is 11.0. The first kappa shape index (κ1) is 30.9.